The predicted octanol–water partition coefficient (Wildman–Crippen LogP) is 2.40. The number of carbonyl (C=O) groups excluding carboxylic acids is 2. The van der Waals surface area contributed by atoms with Gasteiger partial charge in [0.25, 0.3) is 0 Å². The van der Waals surface area contributed by atoms with Crippen molar-refractivity contribution in [2.75, 3.05) is 57.7 Å². The van der Waals surface area contributed by atoms with Crippen LogP contribution in [0.2, 0.25) is 0 Å². The average Bonchev–Trinajstić information content (AvgIpc) is 3.36. The molecule has 2 aliphatic heterocycles. The van der Waals surface area contributed by atoms with Gasteiger partial charge in [0.2, 0.25) is 11.8 Å². The second-order valence-electron chi connectivity index (χ2n) is 8.50. The molecule has 0 aromatic heterocycles. The molecular weight excluding hydrogens is 531 g/mol. The maximum Gasteiger partial charge on any atom is 0.246 e. The zero-order valence-corrected chi connectivity index (χ0v) is 22.5. The van der Waals surface area contributed by atoms with Crippen LogP contribution in [0.5, 0.6) is 0 Å². The normalized spacial score (nSPS) is 18.0. The summed E-state index contributed by atoms with van der Waals surface area (Å²) in [5.74, 6) is 0.876. The number of amides is 2. The Morgan fingerprint density at radius 1 is 1.03 bits per heavy atom. The first-order chi connectivity index (χ1) is 15.5. The molecule has 0 spiro atoms. The Balaban J connectivity index is 0.00000385. The van der Waals surface area contributed by atoms with E-state index in [0.29, 0.717) is 0 Å². The van der Waals surface area contributed by atoms with Crippen LogP contribution in [-0.2, 0) is 16.0 Å². The summed E-state index contributed by atoms with van der Waals surface area (Å²) in [6, 6.07) is 7.82. The molecule has 2 aliphatic rings. The smallest absolute Gasteiger partial charge is 0.246 e. The van der Waals surface area contributed by atoms with Gasteiger partial charge >= 0.3 is 0 Å². The number of anilines is 1. The van der Waals surface area contributed by atoms with Crippen molar-refractivity contribution in [3.05, 3.63) is 29.8 Å². The summed E-state index contributed by atoms with van der Waals surface area (Å²) < 4.78 is 0. The van der Waals surface area contributed by atoms with Crippen molar-refractivity contribution in [2.24, 2.45) is 4.99 Å². The SMILES string of the molecule is CCNC(=NCC(=O)Nc1cccc(CC)c1)N1CCN(C(C)C(=O)N2CCCC2)CC1.I. The molecule has 3 rings (SSSR count). The molecule has 1 aromatic carbocycles. The number of likely N-dealkylation sites (tertiary alicyclic amines) is 1. The Hall–Kier alpha value is -1.88. The fraction of sp³-hybridized carbons (Fsp3) is 0.625. The quantitative estimate of drug-likeness (QED) is 0.299. The lowest BCUT2D eigenvalue weighted by molar-refractivity contribution is -0.135. The average molecular weight is 571 g/mol. The molecule has 1 unspecified atom stereocenters. The predicted molar refractivity (Wildman–Crippen MR) is 144 cm³/mol. The summed E-state index contributed by atoms with van der Waals surface area (Å²) in [7, 11) is 0. The lowest BCUT2D eigenvalue weighted by Crippen LogP contribution is -2.57. The van der Waals surface area contributed by atoms with Crippen LogP contribution in [0.15, 0.2) is 29.3 Å². The number of aliphatic imine (C=N–C) groups is 1. The number of rotatable bonds is 7. The van der Waals surface area contributed by atoms with Crippen LogP contribution >= 0.6 is 24.0 Å². The summed E-state index contributed by atoms with van der Waals surface area (Å²) in [5.41, 5.74) is 2.00. The van der Waals surface area contributed by atoms with Gasteiger partial charge in [-0.15, -0.1) is 24.0 Å². The molecule has 1 atom stereocenters. The van der Waals surface area contributed by atoms with Gasteiger partial charge in [-0.05, 0) is 50.8 Å². The molecule has 9 heteroatoms. The highest BCUT2D eigenvalue weighted by molar-refractivity contribution is 14.0. The Labute approximate surface area is 215 Å². The van der Waals surface area contributed by atoms with Crippen molar-refractivity contribution in [1.82, 2.24) is 20.0 Å². The van der Waals surface area contributed by atoms with Gasteiger partial charge in [0.1, 0.15) is 6.54 Å². The monoisotopic (exact) mass is 570 g/mol. The number of hydrogen-bond acceptors (Lipinski definition) is 4. The number of benzene rings is 1. The van der Waals surface area contributed by atoms with Crippen LogP contribution in [0.3, 0.4) is 0 Å². The number of guanidine groups is 1. The van der Waals surface area contributed by atoms with E-state index in [1.54, 1.807) is 0 Å². The molecule has 1 aromatic rings. The van der Waals surface area contributed by atoms with Crippen LogP contribution in [0.25, 0.3) is 0 Å². The Morgan fingerprint density at radius 3 is 2.36 bits per heavy atom. The highest BCUT2D eigenvalue weighted by Gasteiger charge is 2.30. The van der Waals surface area contributed by atoms with Crippen molar-refractivity contribution >= 4 is 47.4 Å². The minimum atomic E-state index is -0.128. The zero-order chi connectivity index (χ0) is 22.9. The van der Waals surface area contributed by atoms with E-state index in [1.165, 1.54) is 5.56 Å². The molecule has 0 bridgehead atoms. The van der Waals surface area contributed by atoms with Gasteiger partial charge in [0.15, 0.2) is 5.96 Å². The van der Waals surface area contributed by atoms with Crippen LogP contribution in [0, 0.1) is 0 Å². The van der Waals surface area contributed by atoms with E-state index in [0.717, 1.165) is 76.7 Å². The first kappa shape index (κ1) is 27.4. The standard InChI is InChI=1S/C24H38N6O2.HI/c1-4-20-9-8-10-21(17-20)27-22(31)18-26-24(25-5-2)30-15-13-28(14-16-30)19(3)23(32)29-11-6-7-12-29;/h8-10,17,19H,4-7,11-16,18H2,1-3H3,(H,25,26)(H,27,31);1H. The number of aryl methyl sites for hydroxylation is 1. The van der Waals surface area contributed by atoms with Crippen LogP contribution in [0.4, 0.5) is 5.69 Å². The molecule has 8 nitrogen and oxygen atoms in total. The molecule has 184 valence electrons. The minimum absolute atomic E-state index is 0. The van der Waals surface area contributed by atoms with Gasteiger partial charge in [-0.3, -0.25) is 14.5 Å². The van der Waals surface area contributed by atoms with Crippen molar-refractivity contribution < 1.29 is 9.59 Å². The maximum absolute atomic E-state index is 12.7. The van der Waals surface area contributed by atoms with Crippen LogP contribution in [-0.4, -0.2) is 90.9 Å². The van der Waals surface area contributed by atoms with Gasteiger partial charge in [-0.25, -0.2) is 4.99 Å². The fourth-order valence-corrected chi connectivity index (χ4v) is 4.32. The van der Waals surface area contributed by atoms with E-state index < -0.39 is 0 Å². The molecule has 2 saturated heterocycles. The number of piperazine rings is 1. The van der Waals surface area contributed by atoms with E-state index >= 15 is 0 Å². The van der Waals surface area contributed by atoms with E-state index in [4.69, 9.17) is 0 Å². The summed E-state index contributed by atoms with van der Waals surface area (Å²) >= 11 is 0. The van der Waals surface area contributed by atoms with Gasteiger partial charge in [-0.2, -0.15) is 0 Å². The highest BCUT2D eigenvalue weighted by atomic mass is 127. The molecule has 2 heterocycles. The summed E-state index contributed by atoms with van der Waals surface area (Å²) in [5, 5.41) is 6.24. The van der Waals surface area contributed by atoms with Crippen molar-refractivity contribution in [3.63, 3.8) is 0 Å². The van der Waals surface area contributed by atoms with Gasteiger partial charge in [0, 0.05) is 51.5 Å². The van der Waals surface area contributed by atoms with Crippen molar-refractivity contribution in [1.29, 1.82) is 0 Å². The summed E-state index contributed by atoms with van der Waals surface area (Å²) in [4.78, 5) is 36.2. The number of nitrogens with one attached hydrogen (secondary N) is 2. The minimum Gasteiger partial charge on any atom is -0.357 e. The molecule has 2 N–H and O–H groups in total. The first-order valence-electron chi connectivity index (χ1n) is 12.0. The van der Waals surface area contributed by atoms with Gasteiger partial charge in [0.05, 0.1) is 6.04 Å². The van der Waals surface area contributed by atoms with E-state index in [2.05, 4.69) is 38.4 Å². The first-order valence-corrected chi connectivity index (χ1v) is 12.0. The van der Waals surface area contributed by atoms with Crippen molar-refractivity contribution in [2.45, 2.75) is 46.1 Å². The van der Waals surface area contributed by atoms with E-state index in [1.807, 2.05) is 36.9 Å². The largest absolute Gasteiger partial charge is 0.357 e. The molecule has 2 amide bonds. The molecule has 0 saturated carbocycles. The number of carbonyl (C=O) groups is 2. The lowest BCUT2D eigenvalue weighted by atomic mass is 10.1. The molecular formula is C24H39IN6O2. The second-order valence-corrected chi connectivity index (χ2v) is 8.50. The molecule has 33 heavy (non-hydrogen) atoms. The number of halogens is 1. The third-order valence-corrected chi connectivity index (χ3v) is 6.26. The zero-order valence-electron chi connectivity index (χ0n) is 20.2. The van der Waals surface area contributed by atoms with E-state index in [-0.39, 0.29) is 48.4 Å². The van der Waals surface area contributed by atoms with Crippen LogP contribution in [0.1, 0.15) is 39.2 Å². The third-order valence-electron chi connectivity index (χ3n) is 6.26. The Kier molecular flexibility index (Phi) is 11.4. The Bertz CT molecular complexity index is 804. The summed E-state index contributed by atoms with van der Waals surface area (Å²) in [6.45, 7) is 11.9. The second kappa shape index (κ2) is 13.7. The molecule has 0 aliphatic carbocycles. The third kappa shape index (κ3) is 7.84. The summed E-state index contributed by atoms with van der Waals surface area (Å²) in [6.07, 6.45) is 3.17. The fourth-order valence-electron chi connectivity index (χ4n) is 4.32. The number of hydrogen-bond donors (Lipinski definition) is 2. The maximum atomic E-state index is 12.7. The van der Waals surface area contributed by atoms with Gasteiger partial charge < -0.3 is 20.4 Å². The molecule has 2 fully saturated rings. The highest BCUT2D eigenvalue weighted by Crippen LogP contribution is 2.14. The topological polar surface area (TPSA) is 80.3 Å². The van der Waals surface area contributed by atoms with Gasteiger partial charge in [-0.1, -0.05) is 19.1 Å². The molecule has 0 radical (unpaired) electrons. The number of nitrogens with zero attached hydrogens (tertiary/aromatic N) is 4. The van der Waals surface area contributed by atoms with E-state index in [9.17, 15) is 9.59 Å². The Morgan fingerprint density at radius 2 is 1.73 bits per heavy atom. The lowest BCUT2D eigenvalue weighted by Gasteiger charge is -2.39. The van der Waals surface area contributed by atoms with Crippen LogP contribution < -0.4 is 10.6 Å². The van der Waals surface area contributed by atoms with Crippen molar-refractivity contribution in [3.8, 4) is 0 Å².